The minimum absolute atomic E-state index is 0.299. The van der Waals surface area contributed by atoms with Gasteiger partial charge in [0, 0.05) is 25.0 Å². The van der Waals surface area contributed by atoms with E-state index in [1.807, 2.05) is 14.0 Å². The second-order valence-corrected chi connectivity index (χ2v) is 6.67. The lowest BCUT2D eigenvalue weighted by Gasteiger charge is -2.20. The lowest BCUT2D eigenvalue weighted by atomic mass is 10.2. The molecule has 0 spiro atoms. The zero-order valence-electron chi connectivity index (χ0n) is 13.2. The van der Waals surface area contributed by atoms with E-state index >= 15 is 0 Å². The van der Waals surface area contributed by atoms with Crippen LogP contribution in [-0.2, 0) is 0 Å². The first-order chi connectivity index (χ1) is 10.0. The van der Waals surface area contributed by atoms with Crippen LogP contribution in [0.25, 0.3) is 10.2 Å². The number of hydrogen-bond donors (Lipinski definition) is 2. The van der Waals surface area contributed by atoms with E-state index in [2.05, 4.69) is 40.1 Å². The van der Waals surface area contributed by atoms with Gasteiger partial charge in [-0.2, -0.15) is 4.98 Å². The number of hydrogen-bond acceptors (Lipinski definition) is 6. The SMILES string of the molecule is CCCNc1nc(N(C)CCC(C)O)c2cc(C)sc2n1. The van der Waals surface area contributed by atoms with Crippen LogP contribution in [0, 0.1) is 6.92 Å². The predicted octanol–water partition coefficient (Wildman–Crippen LogP) is 3.03. The van der Waals surface area contributed by atoms with E-state index in [0.717, 1.165) is 42.0 Å². The van der Waals surface area contributed by atoms with Gasteiger partial charge >= 0.3 is 0 Å². The van der Waals surface area contributed by atoms with Gasteiger partial charge in [0.05, 0.1) is 11.5 Å². The van der Waals surface area contributed by atoms with E-state index in [0.29, 0.717) is 5.95 Å². The van der Waals surface area contributed by atoms with Crippen LogP contribution in [0.1, 0.15) is 31.6 Å². The fourth-order valence-corrected chi connectivity index (χ4v) is 2.99. The number of aryl methyl sites for hydroxylation is 1. The zero-order chi connectivity index (χ0) is 15.4. The molecular weight excluding hydrogens is 284 g/mol. The first kappa shape index (κ1) is 16.0. The summed E-state index contributed by atoms with van der Waals surface area (Å²) in [5.41, 5.74) is 0. The van der Waals surface area contributed by atoms with Crippen molar-refractivity contribution in [1.82, 2.24) is 9.97 Å². The molecule has 116 valence electrons. The third-order valence-corrected chi connectivity index (χ3v) is 4.22. The van der Waals surface area contributed by atoms with Crippen molar-refractivity contribution in [3.05, 3.63) is 10.9 Å². The van der Waals surface area contributed by atoms with Crippen LogP contribution < -0.4 is 10.2 Å². The Hall–Kier alpha value is -1.40. The number of aromatic nitrogens is 2. The number of rotatable bonds is 7. The predicted molar refractivity (Wildman–Crippen MR) is 90.5 cm³/mol. The largest absolute Gasteiger partial charge is 0.393 e. The Balaban J connectivity index is 2.33. The van der Waals surface area contributed by atoms with Crippen molar-refractivity contribution in [1.29, 1.82) is 0 Å². The quantitative estimate of drug-likeness (QED) is 0.823. The van der Waals surface area contributed by atoms with Crippen LogP contribution in [0.5, 0.6) is 0 Å². The molecule has 5 nitrogen and oxygen atoms in total. The normalized spacial score (nSPS) is 12.6. The Bertz CT molecular complexity index is 597. The Kier molecular flexibility index (Phi) is 5.36. The smallest absolute Gasteiger partial charge is 0.226 e. The minimum Gasteiger partial charge on any atom is -0.393 e. The molecule has 0 aliphatic carbocycles. The highest BCUT2D eigenvalue weighted by atomic mass is 32.1. The Labute approximate surface area is 130 Å². The lowest BCUT2D eigenvalue weighted by Crippen LogP contribution is -2.23. The van der Waals surface area contributed by atoms with E-state index in [4.69, 9.17) is 0 Å². The van der Waals surface area contributed by atoms with Gasteiger partial charge in [-0.3, -0.25) is 0 Å². The molecule has 0 aliphatic heterocycles. The van der Waals surface area contributed by atoms with Gasteiger partial charge in [-0.1, -0.05) is 6.92 Å². The van der Waals surface area contributed by atoms with E-state index in [9.17, 15) is 5.11 Å². The molecule has 0 aliphatic rings. The van der Waals surface area contributed by atoms with Crippen molar-refractivity contribution >= 4 is 33.3 Å². The highest BCUT2D eigenvalue weighted by molar-refractivity contribution is 7.18. The van der Waals surface area contributed by atoms with Gasteiger partial charge in [0.2, 0.25) is 5.95 Å². The molecule has 0 fully saturated rings. The molecule has 2 aromatic heterocycles. The number of aliphatic hydroxyl groups is 1. The summed E-state index contributed by atoms with van der Waals surface area (Å²) in [7, 11) is 2.01. The summed E-state index contributed by atoms with van der Waals surface area (Å²) >= 11 is 1.69. The highest BCUT2D eigenvalue weighted by Crippen LogP contribution is 2.31. The van der Waals surface area contributed by atoms with Gasteiger partial charge in [0.25, 0.3) is 0 Å². The van der Waals surface area contributed by atoms with Gasteiger partial charge in [-0.05, 0) is 32.8 Å². The molecule has 2 heterocycles. The molecule has 0 saturated heterocycles. The summed E-state index contributed by atoms with van der Waals surface area (Å²) in [5.74, 6) is 1.62. The van der Waals surface area contributed by atoms with Gasteiger partial charge < -0.3 is 15.3 Å². The molecule has 0 radical (unpaired) electrons. The molecule has 2 N–H and O–H groups in total. The number of thiophene rings is 1. The van der Waals surface area contributed by atoms with Crippen molar-refractivity contribution in [3.63, 3.8) is 0 Å². The number of nitrogens with zero attached hydrogens (tertiary/aromatic N) is 3. The number of fused-ring (bicyclic) bond motifs is 1. The third-order valence-electron chi connectivity index (χ3n) is 3.27. The number of aliphatic hydroxyl groups excluding tert-OH is 1. The maximum atomic E-state index is 9.47. The molecule has 2 rings (SSSR count). The first-order valence-electron chi connectivity index (χ1n) is 7.42. The lowest BCUT2D eigenvalue weighted by molar-refractivity contribution is 0.187. The van der Waals surface area contributed by atoms with Crippen LogP contribution in [0.2, 0.25) is 0 Å². The van der Waals surface area contributed by atoms with Crippen LogP contribution in [0.15, 0.2) is 6.07 Å². The average Bonchev–Trinajstić information content (AvgIpc) is 2.81. The van der Waals surface area contributed by atoms with Crippen molar-refractivity contribution in [2.45, 2.75) is 39.7 Å². The third kappa shape index (κ3) is 4.04. The topological polar surface area (TPSA) is 61.3 Å². The highest BCUT2D eigenvalue weighted by Gasteiger charge is 2.14. The molecule has 0 amide bonds. The van der Waals surface area contributed by atoms with Crippen molar-refractivity contribution in [2.75, 3.05) is 30.4 Å². The average molecular weight is 308 g/mol. The Morgan fingerprint density at radius 3 is 2.86 bits per heavy atom. The van der Waals surface area contributed by atoms with Gasteiger partial charge in [-0.25, -0.2) is 4.98 Å². The van der Waals surface area contributed by atoms with Gasteiger partial charge in [0.1, 0.15) is 10.6 Å². The number of anilines is 2. The van der Waals surface area contributed by atoms with Crippen molar-refractivity contribution < 1.29 is 5.11 Å². The van der Waals surface area contributed by atoms with E-state index in [-0.39, 0.29) is 6.10 Å². The fourth-order valence-electron chi connectivity index (χ4n) is 2.12. The molecule has 2 aromatic rings. The standard InChI is InChI=1S/C15H24N4OS/c1-5-7-16-15-17-13(19(4)8-6-10(2)20)12-9-11(3)21-14(12)18-15/h9-10,20H,5-8H2,1-4H3,(H,16,17,18). The van der Waals surface area contributed by atoms with Crippen molar-refractivity contribution in [2.24, 2.45) is 0 Å². The molecule has 0 bridgehead atoms. The fraction of sp³-hybridized carbons (Fsp3) is 0.600. The van der Waals surface area contributed by atoms with Crippen LogP contribution in [0.3, 0.4) is 0 Å². The summed E-state index contributed by atoms with van der Waals surface area (Å²) < 4.78 is 0. The van der Waals surface area contributed by atoms with E-state index in [1.54, 1.807) is 11.3 Å². The molecular formula is C15H24N4OS. The van der Waals surface area contributed by atoms with E-state index in [1.165, 1.54) is 4.88 Å². The maximum Gasteiger partial charge on any atom is 0.226 e. The maximum absolute atomic E-state index is 9.47. The second kappa shape index (κ2) is 7.04. The van der Waals surface area contributed by atoms with Gasteiger partial charge in [0.15, 0.2) is 0 Å². The summed E-state index contributed by atoms with van der Waals surface area (Å²) in [4.78, 5) is 13.6. The van der Waals surface area contributed by atoms with Crippen molar-refractivity contribution in [3.8, 4) is 0 Å². The van der Waals surface area contributed by atoms with Crippen LogP contribution >= 0.6 is 11.3 Å². The summed E-state index contributed by atoms with van der Waals surface area (Å²) in [5, 5.41) is 13.8. The summed E-state index contributed by atoms with van der Waals surface area (Å²) in [6, 6.07) is 2.14. The molecule has 6 heteroatoms. The van der Waals surface area contributed by atoms with Crippen LogP contribution in [-0.4, -0.2) is 41.3 Å². The van der Waals surface area contributed by atoms with Crippen LogP contribution in [0.4, 0.5) is 11.8 Å². The Morgan fingerprint density at radius 2 is 2.19 bits per heavy atom. The summed E-state index contributed by atoms with van der Waals surface area (Å²) in [6.45, 7) is 7.66. The zero-order valence-corrected chi connectivity index (χ0v) is 14.0. The van der Waals surface area contributed by atoms with Gasteiger partial charge in [-0.15, -0.1) is 11.3 Å². The molecule has 1 atom stereocenters. The molecule has 0 saturated carbocycles. The molecule has 1 unspecified atom stereocenters. The Morgan fingerprint density at radius 1 is 1.43 bits per heavy atom. The second-order valence-electron chi connectivity index (χ2n) is 5.43. The van der Waals surface area contributed by atoms with E-state index < -0.39 is 0 Å². The molecule has 0 aromatic carbocycles. The number of nitrogens with one attached hydrogen (secondary N) is 1. The molecule has 21 heavy (non-hydrogen) atoms. The first-order valence-corrected chi connectivity index (χ1v) is 8.24. The monoisotopic (exact) mass is 308 g/mol. The minimum atomic E-state index is -0.299. The summed E-state index contributed by atoms with van der Waals surface area (Å²) in [6.07, 6.45) is 1.47.